The van der Waals surface area contributed by atoms with E-state index < -0.39 is 0 Å². The molecule has 0 atom stereocenters. The molecule has 4 nitrogen and oxygen atoms in total. The Morgan fingerprint density at radius 3 is 2.06 bits per heavy atom. The molecule has 1 heterocycles. The van der Waals surface area contributed by atoms with E-state index in [0.29, 0.717) is 17.7 Å². The number of nitrogens with zero attached hydrogens (tertiary/aromatic N) is 1. The lowest BCUT2D eigenvalue weighted by Gasteiger charge is -2.54. The zero-order valence-corrected chi connectivity index (χ0v) is 19.0. The number of nitrogens with one attached hydrogen (secondary N) is 2. The van der Waals surface area contributed by atoms with Gasteiger partial charge >= 0.3 is 0 Å². The van der Waals surface area contributed by atoms with Crippen molar-refractivity contribution in [3.8, 4) is 21.7 Å². The molecule has 0 unspecified atom stereocenters. The zero-order chi connectivity index (χ0) is 21.5. The smallest absolute Gasteiger partial charge is 0.240 e. The number of thiazole rings is 1. The van der Waals surface area contributed by atoms with Crippen molar-refractivity contribution < 1.29 is 4.79 Å². The highest BCUT2D eigenvalue weighted by atomic mass is 32.1. The van der Waals surface area contributed by atoms with Gasteiger partial charge in [-0.3, -0.25) is 4.79 Å². The molecule has 2 aromatic carbocycles. The summed E-state index contributed by atoms with van der Waals surface area (Å²) in [4.78, 5) is 18.7. The summed E-state index contributed by atoms with van der Waals surface area (Å²) in [7, 11) is 0. The molecule has 1 aromatic heterocycles. The number of carbonyl (C=O) groups excluding carboxylic acids is 1. The summed E-state index contributed by atoms with van der Waals surface area (Å²) in [6.07, 6.45) is 6.90. The van der Waals surface area contributed by atoms with Gasteiger partial charge in [-0.05, 0) is 61.3 Å². The maximum Gasteiger partial charge on any atom is 0.240 e. The van der Waals surface area contributed by atoms with Crippen molar-refractivity contribution in [2.24, 2.45) is 23.7 Å². The molecule has 4 fully saturated rings. The van der Waals surface area contributed by atoms with Gasteiger partial charge in [-0.15, -0.1) is 0 Å². The molecule has 4 aliphatic carbocycles. The first kappa shape index (κ1) is 20.1. The third-order valence-corrected chi connectivity index (χ3v) is 8.70. The fourth-order valence-corrected chi connectivity index (χ4v) is 7.59. The van der Waals surface area contributed by atoms with E-state index in [2.05, 4.69) is 34.9 Å². The molecule has 4 aliphatic rings. The van der Waals surface area contributed by atoms with Crippen LogP contribution in [0.25, 0.3) is 21.7 Å². The van der Waals surface area contributed by atoms with Crippen molar-refractivity contribution in [3.05, 3.63) is 60.7 Å². The number of anilines is 1. The second-order valence-electron chi connectivity index (χ2n) is 9.81. The van der Waals surface area contributed by atoms with Crippen LogP contribution < -0.4 is 10.6 Å². The van der Waals surface area contributed by atoms with Crippen LogP contribution in [0.5, 0.6) is 0 Å². The van der Waals surface area contributed by atoms with Crippen LogP contribution in [0.3, 0.4) is 0 Å². The first-order valence-corrected chi connectivity index (χ1v) is 12.7. The predicted octanol–water partition coefficient (Wildman–Crippen LogP) is 5.83. The Labute approximate surface area is 193 Å². The molecule has 32 heavy (non-hydrogen) atoms. The van der Waals surface area contributed by atoms with Crippen molar-refractivity contribution in [2.75, 3.05) is 11.9 Å². The number of carbonyl (C=O) groups is 1. The number of aromatic nitrogens is 1. The van der Waals surface area contributed by atoms with Gasteiger partial charge in [0.25, 0.3) is 0 Å². The van der Waals surface area contributed by atoms with Crippen LogP contribution in [-0.4, -0.2) is 23.5 Å². The lowest BCUT2D eigenvalue weighted by Crippen LogP contribution is -2.55. The third kappa shape index (κ3) is 3.89. The van der Waals surface area contributed by atoms with Gasteiger partial charge in [0.2, 0.25) is 5.91 Å². The second kappa shape index (κ2) is 8.45. The molecule has 4 bridgehead atoms. The van der Waals surface area contributed by atoms with Crippen molar-refractivity contribution >= 4 is 22.4 Å². The molecular weight excluding hydrogens is 414 g/mol. The van der Waals surface area contributed by atoms with Crippen molar-refractivity contribution in [3.63, 3.8) is 0 Å². The van der Waals surface area contributed by atoms with Gasteiger partial charge in [0.15, 0.2) is 5.13 Å². The summed E-state index contributed by atoms with van der Waals surface area (Å²) >= 11 is 1.55. The third-order valence-electron chi connectivity index (χ3n) is 7.68. The summed E-state index contributed by atoms with van der Waals surface area (Å²) in [5.41, 5.74) is 3.11. The lowest BCUT2D eigenvalue weighted by atomic mass is 9.54. The van der Waals surface area contributed by atoms with E-state index in [-0.39, 0.29) is 5.91 Å². The summed E-state index contributed by atoms with van der Waals surface area (Å²) in [6.45, 7) is 0.369. The molecule has 0 aliphatic heterocycles. The molecule has 0 saturated heterocycles. The van der Waals surface area contributed by atoms with Gasteiger partial charge in [-0.1, -0.05) is 72.0 Å². The van der Waals surface area contributed by atoms with Gasteiger partial charge in [0.05, 0.1) is 17.1 Å². The lowest BCUT2D eigenvalue weighted by molar-refractivity contribution is -0.116. The Morgan fingerprint density at radius 1 is 0.844 bits per heavy atom. The normalized spacial score (nSPS) is 28.1. The average molecular weight is 444 g/mol. The molecule has 2 N–H and O–H groups in total. The first-order chi connectivity index (χ1) is 15.7. The minimum absolute atomic E-state index is 0.00628. The van der Waals surface area contributed by atoms with E-state index in [9.17, 15) is 4.79 Å². The maximum absolute atomic E-state index is 12.8. The summed E-state index contributed by atoms with van der Waals surface area (Å²) in [6, 6.07) is 21.0. The number of benzene rings is 2. The molecule has 7 rings (SSSR count). The van der Waals surface area contributed by atoms with Crippen LogP contribution in [0, 0.1) is 23.7 Å². The van der Waals surface area contributed by atoms with Gasteiger partial charge in [-0.25, -0.2) is 4.98 Å². The topological polar surface area (TPSA) is 54.0 Å². The van der Waals surface area contributed by atoms with Gasteiger partial charge < -0.3 is 10.6 Å². The highest BCUT2D eigenvalue weighted by Crippen LogP contribution is 2.53. The highest BCUT2D eigenvalue weighted by molar-refractivity contribution is 7.19. The number of amides is 1. The van der Waals surface area contributed by atoms with E-state index in [1.54, 1.807) is 11.3 Å². The Morgan fingerprint density at radius 2 is 1.44 bits per heavy atom. The van der Waals surface area contributed by atoms with Crippen LogP contribution >= 0.6 is 11.3 Å². The molecule has 5 heteroatoms. The number of hydrogen-bond donors (Lipinski definition) is 2. The molecule has 0 spiro atoms. The monoisotopic (exact) mass is 443 g/mol. The minimum Gasteiger partial charge on any atom is -0.305 e. The summed E-state index contributed by atoms with van der Waals surface area (Å²) in [5.74, 6) is 3.45. The van der Waals surface area contributed by atoms with Gasteiger partial charge in [-0.2, -0.15) is 0 Å². The van der Waals surface area contributed by atoms with Crippen molar-refractivity contribution in [2.45, 2.75) is 38.1 Å². The fraction of sp³-hybridized carbons (Fsp3) is 0.407. The molecule has 164 valence electrons. The van der Waals surface area contributed by atoms with Crippen LogP contribution in [0.2, 0.25) is 0 Å². The second-order valence-corrected chi connectivity index (χ2v) is 10.8. The minimum atomic E-state index is 0.00628. The Bertz CT molecular complexity index is 1010. The van der Waals surface area contributed by atoms with Crippen LogP contribution in [0.1, 0.15) is 32.1 Å². The Kier molecular flexibility index (Phi) is 5.32. The average Bonchev–Trinajstić information content (AvgIpc) is 3.23. The fourth-order valence-electron chi connectivity index (χ4n) is 6.58. The van der Waals surface area contributed by atoms with Crippen LogP contribution in [-0.2, 0) is 4.79 Å². The van der Waals surface area contributed by atoms with Crippen molar-refractivity contribution in [1.82, 2.24) is 10.3 Å². The highest BCUT2D eigenvalue weighted by Gasteiger charge is 2.47. The zero-order valence-electron chi connectivity index (χ0n) is 18.2. The maximum atomic E-state index is 12.8. The number of hydrogen-bond acceptors (Lipinski definition) is 4. The van der Waals surface area contributed by atoms with E-state index in [0.717, 1.165) is 45.4 Å². The standard InChI is InChI=1S/C27H29N3OS/c31-23(16-28-24-21-12-17-11-18(14-21)15-22(24)13-17)29-27-30-25(19-7-3-1-4-8-19)26(32-27)20-9-5-2-6-10-20/h1-10,17-18,21-22,24,28H,11-16H2,(H,29,30,31). The van der Waals surface area contributed by atoms with E-state index >= 15 is 0 Å². The first-order valence-electron chi connectivity index (χ1n) is 11.9. The summed E-state index contributed by atoms with van der Waals surface area (Å²) < 4.78 is 0. The molecule has 4 saturated carbocycles. The van der Waals surface area contributed by atoms with Crippen molar-refractivity contribution in [1.29, 1.82) is 0 Å². The largest absolute Gasteiger partial charge is 0.305 e. The van der Waals surface area contributed by atoms with Gasteiger partial charge in [0, 0.05) is 11.6 Å². The molecule has 1 amide bonds. The van der Waals surface area contributed by atoms with E-state index in [4.69, 9.17) is 4.98 Å². The van der Waals surface area contributed by atoms with E-state index in [1.807, 2.05) is 36.4 Å². The summed E-state index contributed by atoms with van der Waals surface area (Å²) in [5, 5.41) is 7.37. The van der Waals surface area contributed by atoms with E-state index in [1.165, 1.54) is 32.1 Å². The Balaban J connectivity index is 1.17. The molecule has 0 radical (unpaired) electrons. The number of rotatable bonds is 6. The Hall–Kier alpha value is -2.50. The quantitative estimate of drug-likeness (QED) is 0.504. The van der Waals surface area contributed by atoms with Gasteiger partial charge in [0.1, 0.15) is 0 Å². The molecule has 3 aromatic rings. The van der Waals surface area contributed by atoms with Crippen LogP contribution in [0.15, 0.2) is 60.7 Å². The predicted molar refractivity (Wildman–Crippen MR) is 130 cm³/mol. The molecular formula is C27H29N3OS. The SMILES string of the molecule is O=C(CNC1C2CC3CC(C2)CC1C3)Nc1nc(-c2ccccc2)c(-c2ccccc2)s1. The van der Waals surface area contributed by atoms with Crippen LogP contribution in [0.4, 0.5) is 5.13 Å².